The number of hydrogen-bond acceptors (Lipinski definition) is 5. The predicted molar refractivity (Wildman–Crippen MR) is 101 cm³/mol. The summed E-state index contributed by atoms with van der Waals surface area (Å²) >= 11 is 0. The van der Waals surface area contributed by atoms with Crippen molar-refractivity contribution in [1.29, 1.82) is 0 Å². The van der Waals surface area contributed by atoms with Crippen LogP contribution < -0.4 is 4.74 Å². The van der Waals surface area contributed by atoms with E-state index in [0.717, 1.165) is 28.0 Å². The van der Waals surface area contributed by atoms with E-state index >= 15 is 0 Å². The van der Waals surface area contributed by atoms with E-state index in [1.807, 2.05) is 27.0 Å². The predicted octanol–water partition coefficient (Wildman–Crippen LogP) is 3.86. The molecular weight excluding hydrogens is 345 g/mol. The second kappa shape index (κ2) is 6.42. The highest BCUT2D eigenvalue weighted by molar-refractivity contribution is 5.95. The lowest BCUT2D eigenvalue weighted by Crippen LogP contribution is -1.94. The zero-order valence-corrected chi connectivity index (χ0v) is 15.5. The third-order valence-corrected chi connectivity index (χ3v) is 4.60. The first-order valence-electron chi connectivity index (χ1n) is 8.45. The Labute approximate surface area is 155 Å². The summed E-state index contributed by atoms with van der Waals surface area (Å²) < 4.78 is 21.0. The Bertz CT molecular complexity index is 1150. The Balaban J connectivity index is 1.98. The molecule has 136 valence electrons. The van der Waals surface area contributed by atoms with Gasteiger partial charge in [0, 0.05) is 30.1 Å². The third kappa shape index (κ3) is 2.91. The third-order valence-electron chi connectivity index (χ3n) is 4.60. The van der Waals surface area contributed by atoms with Crippen molar-refractivity contribution in [2.45, 2.75) is 13.8 Å². The van der Waals surface area contributed by atoms with Crippen molar-refractivity contribution in [3.8, 4) is 28.3 Å². The number of fused-ring (bicyclic) bond motifs is 1. The molecule has 3 heterocycles. The summed E-state index contributed by atoms with van der Waals surface area (Å²) in [6.45, 7) is 3.87. The van der Waals surface area contributed by atoms with Crippen LogP contribution in [0, 0.1) is 19.7 Å². The Morgan fingerprint density at radius 3 is 2.52 bits per heavy atom. The van der Waals surface area contributed by atoms with E-state index in [1.165, 1.54) is 13.2 Å². The molecule has 4 rings (SSSR count). The van der Waals surface area contributed by atoms with Gasteiger partial charge in [0.05, 0.1) is 35.8 Å². The molecule has 0 saturated heterocycles. The van der Waals surface area contributed by atoms with E-state index in [9.17, 15) is 4.39 Å². The molecule has 1 aromatic carbocycles. The maximum atomic E-state index is 14.2. The number of pyridine rings is 1. The molecule has 0 radical (unpaired) electrons. The van der Waals surface area contributed by atoms with Gasteiger partial charge in [0.2, 0.25) is 0 Å². The molecule has 0 unspecified atom stereocenters. The number of aromatic nitrogens is 5. The van der Waals surface area contributed by atoms with Gasteiger partial charge in [0.1, 0.15) is 0 Å². The molecule has 0 aliphatic carbocycles. The molecule has 0 fully saturated rings. The van der Waals surface area contributed by atoms with Crippen LogP contribution in [0.15, 0.2) is 36.7 Å². The van der Waals surface area contributed by atoms with Gasteiger partial charge in [-0.2, -0.15) is 5.10 Å². The molecule has 0 N–H and O–H groups in total. The average Bonchev–Trinajstić information content (AvgIpc) is 2.95. The van der Waals surface area contributed by atoms with Gasteiger partial charge in [-0.15, -0.1) is 0 Å². The molecule has 4 aromatic rings. The minimum atomic E-state index is -0.439. The first-order chi connectivity index (χ1) is 13.0. The molecular formula is C20H18FN5O. The second-order valence-electron chi connectivity index (χ2n) is 6.36. The van der Waals surface area contributed by atoms with E-state index < -0.39 is 5.82 Å². The van der Waals surface area contributed by atoms with Crippen LogP contribution in [0.2, 0.25) is 0 Å². The summed E-state index contributed by atoms with van der Waals surface area (Å²) in [5.41, 5.74) is 5.23. The van der Waals surface area contributed by atoms with Gasteiger partial charge in [-0.25, -0.2) is 9.37 Å². The van der Waals surface area contributed by atoms with Crippen LogP contribution in [0.25, 0.3) is 33.5 Å². The van der Waals surface area contributed by atoms with Crippen molar-refractivity contribution in [2.75, 3.05) is 7.11 Å². The number of ether oxygens (including phenoxy) is 1. The number of aryl methyl sites for hydroxylation is 3. The largest absolute Gasteiger partial charge is 0.494 e. The molecule has 0 bridgehead atoms. The molecule has 0 amide bonds. The standard InChI is InChI=1S/C20H18FN5O/c1-11-9-23-17(10-22-11)14-8-16(13-5-6-18(27-4)15(21)7-13)24-20-19(14)12(2)26(3)25-20/h5-10H,1-4H3. The van der Waals surface area contributed by atoms with Crippen molar-refractivity contribution in [1.82, 2.24) is 24.7 Å². The van der Waals surface area contributed by atoms with Crippen LogP contribution in [0.5, 0.6) is 5.75 Å². The minimum absolute atomic E-state index is 0.193. The van der Waals surface area contributed by atoms with Gasteiger partial charge in [-0.05, 0) is 38.1 Å². The molecule has 0 spiro atoms. The van der Waals surface area contributed by atoms with Gasteiger partial charge in [0.25, 0.3) is 0 Å². The quantitative estimate of drug-likeness (QED) is 0.553. The summed E-state index contributed by atoms with van der Waals surface area (Å²) in [5.74, 6) is -0.246. The van der Waals surface area contributed by atoms with E-state index in [1.54, 1.807) is 29.2 Å². The number of halogens is 1. The summed E-state index contributed by atoms with van der Waals surface area (Å²) in [7, 11) is 3.31. The Kier molecular flexibility index (Phi) is 4.07. The van der Waals surface area contributed by atoms with Gasteiger partial charge >= 0.3 is 0 Å². The number of hydrogen-bond donors (Lipinski definition) is 0. The van der Waals surface area contributed by atoms with Crippen LogP contribution in [-0.4, -0.2) is 31.8 Å². The molecule has 27 heavy (non-hydrogen) atoms. The number of rotatable bonds is 3. The average molecular weight is 363 g/mol. The molecule has 7 heteroatoms. The van der Waals surface area contributed by atoms with Crippen LogP contribution in [0.1, 0.15) is 11.4 Å². The minimum Gasteiger partial charge on any atom is -0.494 e. The molecule has 0 saturated carbocycles. The highest BCUT2D eigenvalue weighted by atomic mass is 19.1. The highest BCUT2D eigenvalue weighted by Gasteiger charge is 2.17. The van der Waals surface area contributed by atoms with Gasteiger partial charge in [-0.1, -0.05) is 0 Å². The molecule has 0 aliphatic heterocycles. The zero-order chi connectivity index (χ0) is 19.1. The summed E-state index contributed by atoms with van der Waals surface area (Å²) in [6.07, 6.45) is 3.45. The van der Waals surface area contributed by atoms with Crippen molar-refractivity contribution in [2.24, 2.45) is 7.05 Å². The Morgan fingerprint density at radius 1 is 1.04 bits per heavy atom. The fourth-order valence-corrected chi connectivity index (χ4v) is 3.05. The van der Waals surface area contributed by atoms with Crippen molar-refractivity contribution >= 4 is 11.0 Å². The lowest BCUT2D eigenvalue weighted by atomic mass is 10.0. The van der Waals surface area contributed by atoms with E-state index in [2.05, 4.69) is 20.1 Å². The Morgan fingerprint density at radius 2 is 1.85 bits per heavy atom. The fraction of sp³-hybridized carbons (Fsp3) is 0.200. The van der Waals surface area contributed by atoms with Crippen LogP contribution in [0.3, 0.4) is 0 Å². The monoisotopic (exact) mass is 363 g/mol. The van der Waals surface area contributed by atoms with E-state index in [0.29, 0.717) is 16.9 Å². The van der Waals surface area contributed by atoms with Crippen molar-refractivity contribution in [3.05, 3.63) is 53.9 Å². The molecule has 0 atom stereocenters. The van der Waals surface area contributed by atoms with Crippen LogP contribution >= 0.6 is 0 Å². The zero-order valence-electron chi connectivity index (χ0n) is 15.5. The number of nitrogens with zero attached hydrogens (tertiary/aromatic N) is 5. The van der Waals surface area contributed by atoms with Crippen molar-refractivity contribution < 1.29 is 9.13 Å². The topological polar surface area (TPSA) is 65.7 Å². The molecule has 3 aromatic heterocycles. The molecule has 6 nitrogen and oxygen atoms in total. The lowest BCUT2D eigenvalue weighted by molar-refractivity contribution is 0.386. The summed E-state index contributed by atoms with van der Waals surface area (Å²) in [5, 5.41) is 5.41. The van der Waals surface area contributed by atoms with Crippen molar-refractivity contribution in [3.63, 3.8) is 0 Å². The van der Waals surface area contributed by atoms with Gasteiger partial charge < -0.3 is 4.74 Å². The van der Waals surface area contributed by atoms with Crippen LogP contribution in [0.4, 0.5) is 4.39 Å². The smallest absolute Gasteiger partial charge is 0.182 e. The van der Waals surface area contributed by atoms with Crippen LogP contribution in [-0.2, 0) is 7.05 Å². The second-order valence-corrected chi connectivity index (χ2v) is 6.36. The Hall–Kier alpha value is -3.35. The summed E-state index contributed by atoms with van der Waals surface area (Å²) in [6, 6.07) is 6.67. The maximum Gasteiger partial charge on any atom is 0.182 e. The normalized spacial score (nSPS) is 11.1. The van der Waals surface area contributed by atoms with E-state index in [4.69, 9.17) is 4.74 Å². The lowest BCUT2D eigenvalue weighted by Gasteiger charge is -2.09. The first kappa shape index (κ1) is 17.1. The highest BCUT2D eigenvalue weighted by Crippen LogP contribution is 2.33. The maximum absolute atomic E-state index is 14.2. The SMILES string of the molecule is COc1ccc(-c2cc(-c3cnc(C)cn3)c3c(C)n(C)nc3n2)cc1F. The number of benzene rings is 1. The van der Waals surface area contributed by atoms with E-state index in [-0.39, 0.29) is 5.75 Å². The first-order valence-corrected chi connectivity index (χ1v) is 8.45. The fourth-order valence-electron chi connectivity index (χ4n) is 3.05. The molecule has 0 aliphatic rings. The van der Waals surface area contributed by atoms with Gasteiger partial charge in [0.15, 0.2) is 17.2 Å². The summed E-state index contributed by atoms with van der Waals surface area (Å²) in [4.78, 5) is 13.5. The number of methoxy groups -OCH3 is 1. The van der Waals surface area contributed by atoms with Gasteiger partial charge in [-0.3, -0.25) is 14.6 Å².